The van der Waals surface area contributed by atoms with Crippen LogP contribution in [0.5, 0.6) is 0 Å². The Kier molecular flexibility index (Phi) is 4.41. The van der Waals surface area contributed by atoms with E-state index in [0.29, 0.717) is 0 Å². The van der Waals surface area contributed by atoms with Crippen molar-refractivity contribution in [2.24, 2.45) is 0 Å². The van der Waals surface area contributed by atoms with Gasteiger partial charge in [-0.1, -0.05) is 31.0 Å². The maximum absolute atomic E-state index is 3.27. The third-order valence-electron chi connectivity index (χ3n) is 4.59. The summed E-state index contributed by atoms with van der Waals surface area (Å²) in [6.45, 7) is 2.25. The Bertz CT molecular complexity index is 568. The molecule has 1 aromatic carbocycles. The van der Waals surface area contributed by atoms with E-state index in [2.05, 4.69) is 34.1 Å². The molecular formula is C18H26N2. The van der Waals surface area contributed by atoms with E-state index in [0.717, 1.165) is 13.1 Å². The van der Waals surface area contributed by atoms with Crippen LogP contribution in [0.25, 0.3) is 10.9 Å². The van der Waals surface area contributed by atoms with Crippen LogP contribution in [0.4, 0.5) is 0 Å². The van der Waals surface area contributed by atoms with Gasteiger partial charge < -0.3 is 9.88 Å². The fraction of sp³-hybridized carbons (Fsp3) is 0.556. The smallest absolute Gasteiger partial charge is 0.0485 e. The highest BCUT2D eigenvalue weighted by Gasteiger charge is 2.17. The molecule has 0 amide bonds. The highest BCUT2D eigenvalue weighted by atomic mass is 15.0. The summed E-state index contributed by atoms with van der Waals surface area (Å²) in [5.41, 5.74) is 4.72. The van der Waals surface area contributed by atoms with E-state index in [1.54, 1.807) is 11.3 Å². The average molecular weight is 270 g/mol. The number of benzene rings is 1. The molecule has 20 heavy (non-hydrogen) atoms. The average Bonchev–Trinajstić information content (AvgIpc) is 2.72. The minimum absolute atomic E-state index is 1.10. The molecule has 1 aliphatic carbocycles. The summed E-state index contributed by atoms with van der Waals surface area (Å²) in [6.07, 6.45) is 9.27. The van der Waals surface area contributed by atoms with Crippen LogP contribution in [-0.2, 0) is 19.4 Å². The van der Waals surface area contributed by atoms with Gasteiger partial charge in [0.25, 0.3) is 0 Å². The number of nitrogens with one attached hydrogen (secondary N) is 1. The Balaban J connectivity index is 2.03. The Morgan fingerprint density at radius 1 is 1.05 bits per heavy atom. The normalized spacial score (nSPS) is 15.8. The fourth-order valence-electron chi connectivity index (χ4n) is 3.61. The number of aryl methyl sites for hydroxylation is 2. The lowest BCUT2D eigenvalue weighted by atomic mass is 9.97. The summed E-state index contributed by atoms with van der Waals surface area (Å²) >= 11 is 0. The zero-order valence-corrected chi connectivity index (χ0v) is 12.6. The number of hydrogen-bond donors (Lipinski definition) is 1. The van der Waals surface area contributed by atoms with Crippen molar-refractivity contribution < 1.29 is 0 Å². The first kappa shape index (κ1) is 13.7. The van der Waals surface area contributed by atoms with Crippen LogP contribution < -0.4 is 5.32 Å². The maximum atomic E-state index is 3.27. The lowest BCUT2D eigenvalue weighted by Crippen LogP contribution is -2.13. The molecule has 1 aliphatic rings. The van der Waals surface area contributed by atoms with E-state index in [4.69, 9.17) is 0 Å². The Hall–Kier alpha value is -1.28. The quantitative estimate of drug-likeness (QED) is 0.834. The summed E-state index contributed by atoms with van der Waals surface area (Å²) in [5, 5.41) is 4.78. The third-order valence-corrected chi connectivity index (χ3v) is 4.59. The number of para-hydroxylation sites is 1. The first-order chi connectivity index (χ1) is 9.92. The SMILES string of the molecule is CNCCCn1c2c(c3ccccc31)CCCCCC2. The summed E-state index contributed by atoms with van der Waals surface area (Å²) < 4.78 is 2.60. The van der Waals surface area contributed by atoms with Crippen molar-refractivity contribution in [1.82, 2.24) is 9.88 Å². The molecule has 108 valence electrons. The van der Waals surface area contributed by atoms with Gasteiger partial charge >= 0.3 is 0 Å². The molecule has 0 spiro atoms. The second-order valence-corrected chi connectivity index (χ2v) is 5.97. The predicted octanol–water partition coefficient (Wildman–Crippen LogP) is 3.91. The van der Waals surface area contributed by atoms with E-state index in [1.807, 2.05) is 7.05 Å². The molecule has 1 heterocycles. The minimum atomic E-state index is 1.10. The van der Waals surface area contributed by atoms with Crippen LogP contribution in [0.3, 0.4) is 0 Å². The van der Waals surface area contributed by atoms with E-state index < -0.39 is 0 Å². The van der Waals surface area contributed by atoms with Crippen molar-refractivity contribution in [1.29, 1.82) is 0 Å². The second kappa shape index (κ2) is 6.45. The number of fused-ring (bicyclic) bond motifs is 3. The molecule has 2 nitrogen and oxygen atoms in total. The second-order valence-electron chi connectivity index (χ2n) is 5.97. The summed E-state index contributed by atoms with van der Waals surface area (Å²) in [6, 6.07) is 9.01. The third kappa shape index (κ3) is 2.62. The lowest BCUT2D eigenvalue weighted by Gasteiger charge is -2.14. The Morgan fingerprint density at radius 2 is 1.85 bits per heavy atom. The zero-order valence-electron chi connectivity index (χ0n) is 12.6. The topological polar surface area (TPSA) is 17.0 Å². The molecule has 0 bridgehead atoms. The molecule has 1 aromatic heterocycles. The van der Waals surface area contributed by atoms with Gasteiger partial charge in [-0.05, 0) is 57.3 Å². The van der Waals surface area contributed by atoms with E-state index in [9.17, 15) is 0 Å². The first-order valence-corrected chi connectivity index (χ1v) is 8.15. The summed E-state index contributed by atoms with van der Waals surface area (Å²) in [4.78, 5) is 0. The van der Waals surface area contributed by atoms with Gasteiger partial charge in [-0.2, -0.15) is 0 Å². The molecule has 0 saturated carbocycles. The fourth-order valence-corrected chi connectivity index (χ4v) is 3.61. The van der Waals surface area contributed by atoms with E-state index in [1.165, 1.54) is 55.8 Å². The highest BCUT2D eigenvalue weighted by molar-refractivity contribution is 5.85. The van der Waals surface area contributed by atoms with Crippen LogP contribution in [0.2, 0.25) is 0 Å². The van der Waals surface area contributed by atoms with Crippen LogP contribution in [0.1, 0.15) is 43.4 Å². The molecule has 0 atom stereocenters. The molecule has 0 aliphatic heterocycles. The van der Waals surface area contributed by atoms with Crippen molar-refractivity contribution in [3.8, 4) is 0 Å². The van der Waals surface area contributed by atoms with Gasteiger partial charge in [0.05, 0.1) is 0 Å². The minimum Gasteiger partial charge on any atom is -0.344 e. The molecule has 0 unspecified atom stereocenters. The van der Waals surface area contributed by atoms with Crippen molar-refractivity contribution in [3.05, 3.63) is 35.5 Å². The van der Waals surface area contributed by atoms with Gasteiger partial charge in [-0.3, -0.25) is 0 Å². The van der Waals surface area contributed by atoms with Gasteiger partial charge in [-0.15, -0.1) is 0 Å². The predicted molar refractivity (Wildman–Crippen MR) is 86.4 cm³/mol. The Labute approximate surface area is 122 Å². The van der Waals surface area contributed by atoms with Gasteiger partial charge in [0.1, 0.15) is 0 Å². The Morgan fingerprint density at radius 3 is 2.70 bits per heavy atom. The molecule has 2 heteroatoms. The molecule has 1 N–H and O–H groups in total. The van der Waals surface area contributed by atoms with Gasteiger partial charge in [0, 0.05) is 23.1 Å². The van der Waals surface area contributed by atoms with Gasteiger partial charge in [0.15, 0.2) is 0 Å². The molecule has 0 fully saturated rings. The van der Waals surface area contributed by atoms with E-state index >= 15 is 0 Å². The number of nitrogens with zero attached hydrogens (tertiary/aromatic N) is 1. The number of hydrogen-bond acceptors (Lipinski definition) is 1. The van der Waals surface area contributed by atoms with Crippen molar-refractivity contribution in [2.75, 3.05) is 13.6 Å². The van der Waals surface area contributed by atoms with Crippen molar-refractivity contribution in [2.45, 2.75) is 51.5 Å². The molecular weight excluding hydrogens is 244 g/mol. The van der Waals surface area contributed by atoms with Crippen LogP contribution in [-0.4, -0.2) is 18.2 Å². The molecule has 0 saturated heterocycles. The van der Waals surface area contributed by atoms with Crippen LogP contribution in [0, 0.1) is 0 Å². The van der Waals surface area contributed by atoms with Crippen molar-refractivity contribution >= 4 is 10.9 Å². The zero-order chi connectivity index (χ0) is 13.8. The molecule has 3 rings (SSSR count). The summed E-state index contributed by atoms with van der Waals surface area (Å²) in [5.74, 6) is 0. The van der Waals surface area contributed by atoms with Crippen molar-refractivity contribution in [3.63, 3.8) is 0 Å². The number of rotatable bonds is 4. The van der Waals surface area contributed by atoms with Crippen LogP contribution in [0.15, 0.2) is 24.3 Å². The number of aromatic nitrogens is 1. The first-order valence-electron chi connectivity index (χ1n) is 8.15. The highest BCUT2D eigenvalue weighted by Crippen LogP contribution is 2.31. The van der Waals surface area contributed by atoms with Gasteiger partial charge in [0.2, 0.25) is 0 Å². The largest absolute Gasteiger partial charge is 0.344 e. The van der Waals surface area contributed by atoms with E-state index in [-0.39, 0.29) is 0 Å². The molecule has 0 radical (unpaired) electrons. The monoisotopic (exact) mass is 270 g/mol. The maximum Gasteiger partial charge on any atom is 0.0485 e. The summed E-state index contributed by atoms with van der Waals surface area (Å²) in [7, 11) is 2.04. The molecule has 2 aromatic rings. The lowest BCUT2D eigenvalue weighted by molar-refractivity contribution is 0.567. The van der Waals surface area contributed by atoms with Gasteiger partial charge in [-0.25, -0.2) is 0 Å². The van der Waals surface area contributed by atoms with Crippen LogP contribution >= 0.6 is 0 Å². The standard InChI is InChI=1S/C18H26N2/c1-19-13-8-14-20-17-11-5-3-2-4-9-15(17)16-10-6-7-12-18(16)20/h6-7,10,12,19H,2-5,8-9,11,13-14H2,1H3.